The van der Waals surface area contributed by atoms with Gasteiger partial charge in [-0.05, 0) is 22.9 Å². The molecule has 0 spiro atoms. The van der Waals surface area contributed by atoms with Crippen LogP contribution >= 0.6 is 27.3 Å². The van der Waals surface area contributed by atoms with Crippen LogP contribution < -0.4 is 5.32 Å². The van der Waals surface area contributed by atoms with E-state index in [4.69, 9.17) is 0 Å². The van der Waals surface area contributed by atoms with Crippen molar-refractivity contribution < 1.29 is 4.92 Å². The average molecular weight is 329 g/mol. The molecule has 0 amide bonds. The maximum Gasteiger partial charge on any atom is 0.291 e. The number of nitrogens with one attached hydrogen (secondary N) is 1. The molecule has 0 saturated carbocycles. The summed E-state index contributed by atoms with van der Waals surface area (Å²) in [5.41, 5.74) is 2.31. The molecule has 0 saturated heterocycles. The minimum absolute atomic E-state index is 0.00483. The normalized spacial score (nSPS) is 10.3. The Morgan fingerprint density at radius 1 is 1.56 bits per heavy atom. The maximum atomic E-state index is 10.7. The summed E-state index contributed by atoms with van der Waals surface area (Å²) in [6.07, 6.45) is 3.03. The molecule has 0 bridgehead atoms. The lowest BCUT2D eigenvalue weighted by Crippen LogP contribution is -2.03. The van der Waals surface area contributed by atoms with E-state index in [1.807, 2.05) is 0 Å². The highest BCUT2D eigenvalue weighted by molar-refractivity contribution is 9.10. The second-order valence-corrected chi connectivity index (χ2v) is 5.27. The van der Waals surface area contributed by atoms with Crippen LogP contribution in [0, 0.1) is 17.0 Å². The topological polar surface area (TPSA) is 81.0 Å². The minimum Gasteiger partial charge on any atom is -0.364 e. The van der Waals surface area contributed by atoms with E-state index >= 15 is 0 Å². The van der Waals surface area contributed by atoms with Crippen molar-refractivity contribution in [3.63, 3.8) is 0 Å². The highest BCUT2D eigenvalue weighted by atomic mass is 79.9. The summed E-state index contributed by atoms with van der Waals surface area (Å²) in [5.74, 6) is 0.589. The van der Waals surface area contributed by atoms with Crippen molar-refractivity contribution in [1.82, 2.24) is 9.97 Å². The van der Waals surface area contributed by atoms with Crippen molar-refractivity contribution in [3.05, 3.63) is 42.9 Å². The molecule has 2 aromatic heterocycles. The molecule has 0 aliphatic rings. The molecule has 2 heterocycles. The van der Waals surface area contributed by atoms with E-state index < -0.39 is 4.92 Å². The second-order valence-electron chi connectivity index (χ2n) is 3.51. The van der Waals surface area contributed by atoms with E-state index in [0.717, 1.165) is 4.88 Å². The summed E-state index contributed by atoms with van der Waals surface area (Å²) in [6.45, 7) is 2.27. The van der Waals surface area contributed by atoms with E-state index in [2.05, 4.69) is 31.2 Å². The van der Waals surface area contributed by atoms with E-state index in [1.165, 1.54) is 17.5 Å². The Kier molecular flexibility index (Phi) is 3.87. The average Bonchev–Trinajstić information content (AvgIpc) is 2.83. The summed E-state index contributed by atoms with van der Waals surface area (Å²) >= 11 is 4.86. The van der Waals surface area contributed by atoms with Crippen LogP contribution in [0.4, 0.5) is 11.5 Å². The van der Waals surface area contributed by atoms with Crippen LogP contribution in [-0.2, 0) is 6.54 Å². The zero-order valence-electron chi connectivity index (χ0n) is 9.38. The Hall–Kier alpha value is -1.54. The van der Waals surface area contributed by atoms with Crippen LogP contribution in [0.15, 0.2) is 22.4 Å². The van der Waals surface area contributed by atoms with Gasteiger partial charge in [0.05, 0.1) is 21.5 Å². The van der Waals surface area contributed by atoms with Gasteiger partial charge in [0.2, 0.25) is 0 Å². The number of thiazole rings is 1. The van der Waals surface area contributed by atoms with Gasteiger partial charge in [0.1, 0.15) is 12.0 Å². The van der Waals surface area contributed by atoms with Crippen LogP contribution in [0.3, 0.4) is 0 Å². The van der Waals surface area contributed by atoms with E-state index in [9.17, 15) is 10.1 Å². The number of nitro groups is 1. The Bertz CT molecular complexity index is 574. The van der Waals surface area contributed by atoms with Crippen molar-refractivity contribution >= 4 is 38.8 Å². The number of nitrogens with zero attached hydrogens (tertiary/aromatic N) is 3. The molecule has 0 atom stereocenters. The van der Waals surface area contributed by atoms with Gasteiger partial charge in [-0.1, -0.05) is 0 Å². The molecule has 8 heteroatoms. The number of pyridine rings is 1. The Balaban J connectivity index is 2.19. The Labute approximate surface area is 115 Å². The molecular weight excluding hydrogens is 320 g/mol. The monoisotopic (exact) mass is 328 g/mol. The highest BCUT2D eigenvalue weighted by Crippen LogP contribution is 2.30. The fraction of sp³-hybridized carbons (Fsp3) is 0.200. The molecule has 0 aliphatic heterocycles. The van der Waals surface area contributed by atoms with Crippen LogP contribution in [0.1, 0.15) is 10.4 Å². The lowest BCUT2D eigenvalue weighted by molar-refractivity contribution is -0.385. The first-order valence-corrected chi connectivity index (χ1v) is 6.67. The largest absolute Gasteiger partial charge is 0.364 e. The fourth-order valence-electron chi connectivity index (χ4n) is 1.38. The van der Waals surface area contributed by atoms with E-state index in [0.29, 0.717) is 22.4 Å². The third-order valence-corrected chi connectivity index (χ3v) is 4.10. The van der Waals surface area contributed by atoms with Gasteiger partial charge in [0, 0.05) is 16.6 Å². The van der Waals surface area contributed by atoms with Crippen molar-refractivity contribution in [3.8, 4) is 0 Å². The summed E-state index contributed by atoms with van der Waals surface area (Å²) in [7, 11) is 0. The van der Waals surface area contributed by atoms with E-state index in [-0.39, 0.29) is 5.69 Å². The zero-order chi connectivity index (χ0) is 13.1. The molecule has 0 aliphatic carbocycles. The Morgan fingerprint density at radius 2 is 2.33 bits per heavy atom. The van der Waals surface area contributed by atoms with E-state index in [1.54, 1.807) is 18.6 Å². The SMILES string of the molecule is Cc1c([N+](=O)[O-])cnc(NCc2cncs2)c1Br. The maximum absolute atomic E-state index is 10.7. The fourth-order valence-corrected chi connectivity index (χ4v) is 2.36. The third-order valence-electron chi connectivity index (χ3n) is 2.35. The van der Waals surface area contributed by atoms with Crippen molar-refractivity contribution in [2.24, 2.45) is 0 Å². The predicted octanol–water partition coefficient (Wildman–Crippen LogP) is 3.13. The quantitative estimate of drug-likeness (QED) is 0.688. The lowest BCUT2D eigenvalue weighted by Gasteiger charge is -2.08. The van der Waals surface area contributed by atoms with Crippen molar-refractivity contribution in [2.45, 2.75) is 13.5 Å². The number of halogens is 1. The first-order chi connectivity index (χ1) is 8.59. The van der Waals surface area contributed by atoms with Crippen LogP contribution in [-0.4, -0.2) is 14.9 Å². The molecule has 0 unspecified atom stereocenters. The number of aromatic nitrogens is 2. The van der Waals surface area contributed by atoms with Gasteiger partial charge in [0.25, 0.3) is 5.69 Å². The minimum atomic E-state index is -0.444. The summed E-state index contributed by atoms with van der Waals surface area (Å²) in [5, 5.41) is 13.9. The molecule has 1 N–H and O–H groups in total. The van der Waals surface area contributed by atoms with Crippen LogP contribution in [0.2, 0.25) is 0 Å². The van der Waals surface area contributed by atoms with Gasteiger partial charge in [-0.15, -0.1) is 11.3 Å². The number of hydrogen-bond acceptors (Lipinski definition) is 6. The Morgan fingerprint density at radius 3 is 2.94 bits per heavy atom. The van der Waals surface area contributed by atoms with Crippen LogP contribution in [0.5, 0.6) is 0 Å². The molecule has 0 radical (unpaired) electrons. The number of anilines is 1. The molecule has 6 nitrogen and oxygen atoms in total. The number of rotatable bonds is 4. The molecule has 2 aromatic rings. The molecule has 18 heavy (non-hydrogen) atoms. The summed E-state index contributed by atoms with van der Waals surface area (Å²) in [6, 6.07) is 0. The van der Waals surface area contributed by atoms with Crippen LogP contribution in [0.25, 0.3) is 0 Å². The molecule has 0 aromatic carbocycles. The van der Waals surface area contributed by atoms with Gasteiger partial charge in [0.15, 0.2) is 0 Å². The predicted molar refractivity (Wildman–Crippen MR) is 72.8 cm³/mol. The lowest BCUT2D eigenvalue weighted by atomic mass is 10.2. The first kappa shape index (κ1) is 12.9. The zero-order valence-corrected chi connectivity index (χ0v) is 11.8. The van der Waals surface area contributed by atoms with Gasteiger partial charge >= 0.3 is 0 Å². The van der Waals surface area contributed by atoms with Gasteiger partial charge in [-0.2, -0.15) is 0 Å². The standard InChI is InChI=1S/C10H9BrN4O2S/c1-6-8(15(16)17)4-14-10(9(6)11)13-3-7-2-12-5-18-7/h2,4-5H,3H2,1H3,(H,13,14). The highest BCUT2D eigenvalue weighted by Gasteiger charge is 2.16. The van der Waals surface area contributed by atoms with Crippen molar-refractivity contribution in [2.75, 3.05) is 5.32 Å². The third kappa shape index (κ3) is 2.65. The summed E-state index contributed by atoms with van der Waals surface area (Å²) in [4.78, 5) is 19.4. The molecule has 0 fully saturated rings. The van der Waals surface area contributed by atoms with Gasteiger partial charge in [-0.3, -0.25) is 15.1 Å². The van der Waals surface area contributed by atoms with Gasteiger partial charge in [-0.25, -0.2) is 4.98 Å². The smallest absolute Gasteiger partial charge is 0.291 e. The first-order valence-electron chi connectivity index (χ1n) is 5.00. The second kappa shape index (κ2) is 5.40. The molecule has 94 valence electrons. The molecular formula is C10H9BrN4O2S. The van der Waals surface area contributed by atoms with Crippen molar-refractivity contribution in [1.29, 1.82) is 0 Å². The summed E-state index contributed by atoms with van der Waals surface area (Å²) < 4.78 is 0.612. The number of hydrogen-bond donors (Lipinski definition) is 1. The molecule has 2 rings (SSSR count). The van der Waals surface area contributed by atoms with Gasteiger partial charge < -0.3 is 5.32 Å².